The summed E-state index contributed by atoms with van der Waals surface area (Å²) in [6.45, 7) is 13.4. The van der Waals surface area contributed by atoms with E-state index in [9.17, 15) is 4.79 Å². The molecule has 0 bridgehead atoms. The third kappa shape index (κ3) is 35.7. The third-order valence-corrected chi connectivity index (χ3v) is 7.65. The van der Waals surface area contributed by atoms with Gasteiger partial charge in [0, 0.05) is 6.42 Å². The van der Waals surface area contributed by atoms with Gasteiger partial charge in [-0.1, -0.05) is 130 Å². The molecule has 0 aromatic heterocycles. The fraction of sp³-hybridized carbons (Fsp3) is 0.970. The minimum absolute atomic E-state index is 0. The van der Waals surface area contributed by atoms with Crippen molar-refractivity contribution in [3.8, 4) is 0 Å². The summed E-state index contributed by atoms with van der Waals surface area (Å²) in [5, 5.41) is 8.27. The van der Waals surface area contributed by atoms with E-state index in [-0.39, 0.29) is 12.4 Å². The largest absolute Gasteiger partial charge is 1.00 e. The zero-order valence-corrected chi connectivity index (χ0v) is 27.0. The predicted octanol–water partition coefficient (Wildman–Crippen LogP) is 7.95. The lowest BCUT2D eigenvalue weighted by atomic mass is 10.1. The Hall–Kier alpha value is -0.280. The van der Waals surface area contributed by atoms with Crippen LogP contribution in [0.5, 0.6) is 0 Å². The highest BCUT2D eigenvalue weighted by atomic mass is 35.5. The first-order valence-electron chi connectivity index (χ1n) is 16.5. The first-order valence-corrected chi connectivity index (χ1v) is 16.5. The average Bonchev–Trinajstić information content (AvgIpc) is 2.86. The van der Waals surface area contributed by atoms with Gasteiger partial charge >= 0.3 is 5.97 Å². The second-order valence-corrected chi connectivity index (χ2v) is 11.7. The molecule has 37 heavy (non-hydrogen) atoms. The molecule has 3 nitrogen and oxygen atoms in total. The Morgan fingerprint density at radius 1 is 0.459 bits per heavy atom. The van der Waals surface area contributed by atoms with Gasteiger partial charge in [0.15, 0.2) is 0 Å². The van der Waals surface area contributed by atoms with Crippen molar-refractivity contribution in [1.29, 1.82) is 0 Å². The molecule has 0 aromatic rings. The Morgan fingerprint density at radius 2 is 0.703 bits per heavy atom. The van der Waals surface area contributed by atoms with Gasteiger partial charge in [-0.25, -0.2) is 0 Å². The van der Waals surface area contributed by atoms with Crippen molar-refractivity contribution in [3.63, 3.8) is 0 Å². The molecule has 0 saturated heterocycles. The molecule has 0 aromatic carbocycles. The number of unbranched alkanes of at least 4 members (excludes halogenated alkanes) is 19. The highest BCUT2D eigenvalue weighted by molar-refractivity contribution is 5.66. The lowest BCUT2D eigenvalue weighted by Crippen LogP contribution is -3.00. The molecule has 4 heteroatoms. The molecule has 0 rings (SSSR count). The summed E-state index contributed by atoms with van der Waals surface area (Å²) in [6.07, 6.45) is 31.7. The predicted molar refractivity (Wildman–Crippen MR) is 162 cm³/mol. The van der Waals surface area contributed by atoms with Gasteiger partial charge in [-0.3, -0.25) is 4.79 Å². The Bertz CT molecular complexity index is 390. The second-order valence-electron chi connectivity index (χ2n) is 11.7. The second kappa shape index (κ2) is 33.7. The van der Waals surface area contributed by atoms with E-state index >= 15 is 0 Å². The Balaban J connectivity index is -0.000000886. The molecular formula is C33H70ClNO2. The molecule has 0 amide bonds. The molecule has 226 valence electrons. The van der Waals surface area contributed by atoms with E-state index in [1.807, 2.05) is 0 Å². The number of carboxylic acids is 1. The number of nitrogens with zero attached hydrogens (tertiary/aromatic N) is 1. The van der Waals surface area contributed by atoms with E-state index in [1.165, 1.54) is 159 Å². The van der Waals surface area contributed by atoms with Crippen LogP contribution in [0.15, 0.2) is 0 Å². The van der Waals surface area contributed by atoms with Crippen LogP contribution in [-0.4, -0.2) is 42.2 Å². The van der Waals surface area contributed by atoms with Crippen LogP contribution < -0.4 is 12.4 Å². The Morgan fingerprint density at radius 3 is 0.973 bits per heavy atom. The summed E-state index contributed by atoms with van der Waals surface area (Å²) in [5.74, 6) is -0.670. The van der Waals surface area contributed by atoms with Crippen molar-refractivity contribution in [1.82, 2.24) is 0 Å². The monoisotopic (exact) mass is 548 g/mol. The molecular weight excluding hydrogens is 478 g/mol. The first-order chi connectivity index (χ1) is 17.5. The van der Waals surface area contributed by atoms with Crippen LogP contribution in [0.3, 0.4) is 0 Å². The summed E-state index contributed by atoms with van der Waals surface area (Å²) < 4.78 is 1.36. The van der Waals surface area contributed by atoms with Crippen molar-refractivity contribution in [2.24, 2.45) is 0 Å². The number of rotatable bonds is 27. The van der Waals surface area contributed by atoms with Gasteiger partial charge in [0.2, 0.25) is 0 Å². The normalized spacial score (nSPS) is 11.1. The zero-order chi connectivity index (χ0) is 27.2. The van der Waals surface area contributed by atoms with Crippen LogP contribution in [0, 0.1) is 0 Å². The SMILES string of the molecule is CCCCCCCC(=O)O.CCCCCCCC[N+](C)(CCCCCCCC)CCCCCCCC.[Cl-]. The van der Waals surface area contributed by atoms with Gasteiger partial charge < -0.3 is 22.0 Å². The fourth-order valence-electron chi connectivity index (χ4n) is 5.04. The van der Waals surface area contributed by atoms with Crippen molar-refractivity contribution in [2.45, 2.75) is 182 Å². The molecule has 0 unspecified atom stereocenters. The standard InChI is InChI=1S/C25H54N.C8H16O2.ClH/c1-5-8-11-14-17-20-23-26(4,24-21-18-15-12-9-6-2)25-22-19-16-13-10-7-3;1-2-3-4-5-6-7-8(9)10;/h5-25H2,1-4H3;2-7H2,1H3,(H,9,10);1H/q+1;;/p-1. The molecule has 0 radical (unpaired) electrons. The third-order valence-electron chi connectivity index (χ3n) is 7.65. The van der Waals surface area contributed by atoms with Crippen LogP contribution in [-0.2, 0) is 4.79 Å². The number of hydrogen-bond donors (Lipinski definition) is 1. The zero-order valence-electron chi connectivity index (χ0n) is 26.3. The maximum atomic E-state index is 10.0. The minimum Gasteiger partial charge on any atom is -1.00 e. The average molecular weight is 548 g/mol. The molecule has 0 saturated carbocycles. The van der Waals surface area contributed by atoms with E-state index in [1.54, 1.807) is 0 Å². The summed E-state index contributed by atoms with van der Waals surface area (Å²) in [6, 6.07) is 0. The highest BCUT2D eigenvalue weighted by Gasteiger charge is 2.20. The Kier molecular flexibility index (Phi) is 37.6. The number of hydrogen-bond acceptors (Lipinski definition) is 1. The quantitative estimate of drug-likeness (QED) is 0.0836. The number of halogens is 1. The smallest absolute Gasteiger partial charge is 0.303 e. The molecule has 0 aliphatic rings. The van der Waals surface area contributed by atoms with Crippen LogP contribution in [0.25, 0.3) is 0 Å². The van der Waals surface area contributed by atoms with E-state index < -0.39 is 5.97 Å². The lowest BCUT2D eigenvalue weighted by Gasteiger charge is -2.35. The van der Waals surface area contributed by atoms with Crippen LogP contribution >= 0.6 is 0 Å². The number of carboxylic acid groups (broad SMARTS) is 1. The maximum Gasteiger partial charge on any atom is 0.303 e. The summed E-state index contributed by atoms with van der Waals surface area (Å²) in [7, 11) is 2.56. The molecule has 0 fully saturated rings. The number of aliphatic carboxylic acids is 1. The Labute approximate surface area is 241 Å². The summed E-state index contributed by atoms with van der Waals surface area (Å²) in [4.78, 5) is 10.0. The highest BCUT2D eigenvalue weighted by Crippen LogP contribution is 2.16. The van der Waals surface area contributed by atoms with Crippen LogP contribution in [0.1, 0.15) is 182 Å². The van der Waals surface area contributed by atoms with Gasteiger partial charge in [0.1, 0.15) is 0 Å². The minimum atomic E-state index is -0.670. The summed E-state index contributed by atoms with van der Waals surface area (Å²) >= 11 is 0. The van der Waals surface area contributed by atoms with Crippen LogP contribution in [0.4, 0.5) is 0 Å². The molecule has 1 N–H and O–H groups in total. The first kappa shape index (κ1) is 41.2. The van der Waals surface area contributed by atoms with E-state index in [4.69, 9.17) is 5.11 Å². The van der Waals surface area contributed by atoms with Crippen LogP contribution in [0.2, 0.25) is 0 Å². The number of quaternary nitrogens is 1. The van der Waals surface area contributed by atoms with Gasteiger partial charge in [-0.15, -0.1) is 0 Å². The van der Waals surface area contributed by atoms with Crippen molar-refractivity contribution >= 4 is 5.97 Å². The van der Waals surface area contributed by atoms with E-state index in [0.29, 0.717) is 6.42 Å². The van der Waals surface area contributed by atoms with Gasteiger partial charge in [0.05, 0.1) is 26.7 Å². The van der Waals surface area contributed by atoms with E-state index in [2.05, 4.69) is 34.7 Å². The topological polar surface area (TPSA) is 37.3 Å². The van der Waals surface area contributed by atoms with Gasteiger partial charge in [-0.05, 0) is 44.9 Å². The molecule has 0 spiro atoms. The lowest BCUT2D eigenvalue weighted by molar-refractivity contribution is -0.910. The molecule has 0 aliphatic heterocycles. The van der Waals surface area contributed by atoms with Crippen molar-refractivity contribution < 1.29 is 26.8 Å². The van der Waals surface area contributed by atoms with Gasteiger partial charge in [0.25, 0.3) is 0 Å². The molecule has 0 aliphatic carbocycles. The summed E-state index contributed by atoms with van der Waals surface area (Å²) in [5.41, 5.74) is 0. The fourth-order valence-corrected chi connectivity index (χ4v) is 5.04. The number of carbonyl (C=O) groups is 1. The molecule has 0 atom stereocenters. The van der Waals surface area contributed by atoms with Crippen molar-refractivity contribution in [3.05, 3.63) is 0 Å². The molecule has 0 heterocycles. The van der Waals surface area contributed by atoms with Gasteiger partial charge in [-0.2, -0.15) is 0 Å². The van der Waals surface area contributed by atoms with Crippen molar-refractivity contribution in [2.75, 3.05) is 26.7 Å². The van der Waals surface area contributed by atoms with E-state index in [0.717, 1.165) is 12.8 Å². The maximum absolute atomic E-state index is 10.0.